The lowest BCUT2D eigenvalue weighted by molar-refractivity contribution is 0.0926. The lowest BCUT2D eigenvalue weighted by atomic mass is 10.1. The van der Waals surface area contributed by atoms with Crippen LogP contribution < -0.4 is 10.6 Å². The molecule has 0 spiro atoms. The predicted octanol–water partition coefficient (Wildman–Crippen LogP) is 0.855. The first-order valence-electron chi connectivity index (χ1n) is 5.70. The number of aryl methyl sites for hydroxylation is 1. The predicted molar refractivity (Wildman–Crippen MR) is 59.2 cm³/mol. The third kappa shape index (κ3) is 2.82. The van der Waals surface area contributed by atoms with E-state index >= 15 is 0 Å². The zero-order chi connectivity index (χ0) is 11.4. The van der Waals surface area contributed by atoms with Crippen LogP contribution in [0.4, 0.5) is 0 Å². The lowest BCUT2D eigenvalue weighted by Gasteiger charge is -2.14. The number of carbonyl (C=O) groups is 1. The minimum absolute atomic E-state index is 0.148. The number of nitrogens with zero attached hydrogens (tertiary/aromatic N) is 1. The van der Waals surface area contributed by atoms with Gasteiger partial charge in [0.05, 0.1) is 0 Å². The molecular weight excluding hydrogens is 206 g/mol. The Morgan fingerprint density at radius 1 is 1.62 bits per heavy atom. The zero-order valence-electron chi connectivity index (χ0n) is 9.45. The van der Waals surface area contributed by atoms with Gasteiger partial charge >= 0.3 is 0 Å². The summed E-state index contributed by atoms with van der Waals surface area (Å²) in [5, 5.41) is 9.96. The summed E-state index contributed by atoms with van der Waals surface area (Å²) in [5.74, 6) is 0.509. The minimum atomic E-state index is -0.148. The maximum Gasteiger partial charge on any atom is 0.273 e. The summed E-state index contributed by atoms with van der Waals surface area (Å²) in [6.45, 7) is 3.65. The average molecular weight is 223 g/mol. The summed E-state index contributed by atoms with van der Waals surface area (Å²) in [5.41, 5.74) is 0.363. The van der Waals surface area contributed by atoms with Crippen LogP contribution in [0.3, 0.4) is 0 Å². The van der Waals surface area contributed by atoms with Crippen LogP contribution in [0.25, 0.3) is 0 Å². The van der Waals surface area contributed by atoms with Crippen molar-refractivity contribution in [3.63, 3.8) is 0 Å². The molecule has 0 saturated carbocycles. The Labute approximate surface area is 94.6 Å². The normalized spacial score (nSPS) is 21.4. The van der Waals surface area contributed by atoms with Gasteiger partial charge in [-0.15, -0.1) is 0 Å². The van der Waals surface area contributed by atoms with Crippen LogP contribution in [-0.2, 0) is 0 Å². The van der Waals surface area contributed by atoms with E-state index in [0.717, 1.165) is 25.9 Å². The molecule has 0 aromatic carbocycles. The Hall–Kier alpha value is -1.36. The van der Waals surface area contributed by atoms with Gasteiger partial charge in [-0.1, -0.05) is 11.6 Å². The molecule has 1 fully saturated rings. The van der Waals surface area contributed by atoms with Gasteiger partial charge in [-0.3, -0.25) is 4.79 Å². The first kappa shape index (κ1) is 11.1. The van der Waals surface area contributed by atoms with Gasteiger partial charge in [-0.25, -0.2) is 0 Å². The Morgan fingerprint density at radius 3 is 3.25 bits per heavy atom. The molecule has 1 aliphatic rings. The van der Waals surface area contributed by atoms with Gasteiger partial charge in [0, 0.05) is 18.7 Å². The number of aromatic nitrogens is 1. The number of hydrogen-bond acceptors (Lipinski definition) is 4. The number of amides is 1. The second-order valence-corrected chi connectivity index (χ2v) is 4.19. The smallest absolute Gasteiger partial charge is 0.273 e. The number of hydrogen-bond donors (Lipinski definition) is 2. The third-order valence-corrected chi connectivity index (χ3v) is 2.74. The molecule has 2 rings (SSSR count). The molecule has 1 aromatic rings. The van der Waals surface area contributed by atoms with E-state index in [0.29, 0.717) is 11.5 Å². The van der Waals surface area contributed by atoms with E-state index in [-0.39, 0.29) is 11.9 Å². The highest BCUT2D eigenvalue weighted by atomic mass is 16.5. The molecule has 1 aromatic heterocycles. The van der Waals surface area contributed by atoms with Gasteiger partial charge in [0.1, 0.15) is 5.76 Å². The van der Waals surface area contributed by atoms with Gasteiger partial charge < -0.3 is 15.2 Å². The molecule has 2 heterocycles. The van der Waals surface area contributed by atoms with Crippen LogP contribution in [0.15, 0.2) is 10.6 Å². The van der Waals surface area contributed by atoms with Crippen molar-refractivity contribution in [3.05, 3.63) is 17.5 Å². The monoisotopic (exact) mass is 223 g/mol. The Balaban J connectivity index is 1.90. The van der Waals surface area contributed by atoms with Crippen molar-refractivity contribution in [2.24, 2.45) is 0 Å². The summed E-state index contributed by atoms with van der Waals surface area (Å²) in [6.07, 6.45) is 3.35. The summed E-state index contributed by atoms with van der Waals surface area (Å²) < 4.78 is 4.87. The molecular formula is C11H17N3O2. The van der Waals surface area contributed by atoms with Gasteiger partial charge in [0.25, 0.3) is 5.91 Å². The first-order chi connectivity index (χ1) is 7.75. The van der Waals surface area contributed by atoms with Crippen LogP contribution in [0.1, 0.15) is 35.5 Å². The molecule has 0 radical (unpaired) electrons. The molecule has 1 saturated heterocycles. The number of nitrogens with one attached hydrogen (secondary N) is 2. The number of rotatable bonds is 2. The van der Waals surface area contributed by atoms with Crippen LogP contribution in [0.2, 0.25) is 0 Å². The fourth-order valence-corrected chi connectivity index (χ4v) is 1.88. The third-order valence-electron chi connectivity index (χ3n) is 2.74. The van der Waals surface area contributed by atoms with Gasteiger partial charge in [-0.2, -0.15) is 0 Å². The van der Waals surface area contributed by atoms with Crippen molar-refractivity contribution >= 4 is 5.91 Å². The van der Waals surface area contributed by atoms with E-state index in [2.05, 4.69) is 15.8 Å². The Morgan fingerprint density at radius 2 is 2.50 bits per heavy atom. The van der Waals surface area contributed by atoms with Gasteiger partial charge in [0.2, 0.25) is 0 Å². The largest absolute Gasteiger partial charge is 0.361 e. The van der Waals surface area contributed by atoms with Gasteiger partial charge in [0.15, 0.2) is 5.69 Å². The molecule has 5 heteroatoms. The van der Waals surface area contributed by atoms with E-state index in [1.165, 1.54) is 6.42 Å². The van der Waals surface area contributed by atoms with E-state index in [1.54, 1.807) is 13.0 Å². The molecule has 16 heavy (non-hydrogen) atoms. The SMILES string of the molecule is Cc1cc(C(=O)NC2CCCCNC2)no1. The molecule has 88 valence electrons. The van der Waals surface area contributed by atoms with Crippen LogP contribution in [0, 0.1) is 6.92 Å². The topological polar surface area (TPSA) is 67.2 Å². The molecule has 0 aliphatic carbocycles. The fourth-order valence-electron chi connectivity index (χ4n) is 1.88. The van der Waals surface area contributed by atoms with Crippen molar-refractivity contribution in [1.82, 2.24) is 15.8 Å². The van der Waals surface area contributed by atoms with Crippen molar-refractivity contribution in [3.8, 4) is 0 Å². The van der Waals surface area contributed by atoms with Crippen LogP contribution in [-0.4, -0.2) is 30.2 Å². The summed E-state index contributed by atoms with van der Waals surface area (Å²) in [6, 6.07) is 1.85. The first-order valence-corrected chi connectivity index (χ1v) is 5.70. The molecule has 5 nitrogen and oxygen atoms in total. The van der Waals surface area contributed by atoms with E-state index in [9.17, 15) is 4.79 Å². The van der Waals surface area contributed by atoms with E-state index in [1.807, 2.05) is 0 Å². The molecule has 1 atom stereocenters. The second kappa shape index (κ2) is 5.12. The highest BCUT2D eigenvalue weighted by Crippen LogP contribution is 2.06. The van der Waals surface area contributed by atoms with Crippen molar-refractivity contribution in [1.29, 1.82) is 0 Å². The van der Waals surface area contributed by atoms with Gasteiger partial charge in [-0.05, 0) is 26.3 Å². The van der Waals surface area contributed by atoms with Crippen molar-refractivity contribution in [2.45, 2.75) is 32.2 Å². The molecule has 1 amide bonds. The quantitative estimate of drug-likeness (QED) is 0.780. The standard InChI is InChI=1S/C11H17N3O2/c1-8-6-10(14-16-8)11(15)13-9-4-2-3-5-12-7-9/h6,9,12H,2-5,7H2,1H3,(H,13,15). The summed E-state index contributed by atoms with van der Waals surface area (Å²) in [4.78, 5) is 11.8. The molecule has 0 bridgehead atoms. The summed E-state index contributed by atoms with van der Waals surface area (Å²) >= 11 is 0. The lowest BCUT2D eigenvalue weighted by Crippen LogP contribution is -2.40. The maximum absolute atomic E-state index is 11.8. The van der Waals surface area contributed by atoms with Crippen molar-refractivity contribution < 1.29 is 9.32 Å². The minimum Gasteiger partial charge on any atom is -0.361 e. The average Bonchev–Trinajstić information content (AvgIpc) is 2.54. The zero-order valence-corrected chi connectivity index (χ0v) is 9.45. The number of carbonyl (C=O) groups excluding carboxylic acids is 1. The summed E-state index contributed by atoms with van der Waals surface area (Å²) in [7, 11) is 0. The van der Waals surface area contributed by atoms with Crippen molar-refractivity contribution in [2.75, 3.05) is 13.1 Å². The van der Waals surface area contributed by atoms with E-state index in [4.69, 9.17) is 4.52 Å². The molecule has 2 N–H and O–H groups in total. The maximum atomic E-state index is 11.8. The van der Waals surface area contributed by atoms with Crippen LogP contribution >= 0.6 is 0 Å². The van der Waals surface area contributed by atoms with E-state index < -0.39 is 0 Å². The highest BCUT2D eigenvalue weighted by Gasteiger charge is 2.17. The van der Waals surface area contributed by atoms with Crippen LogP contribution in [0.5, 0.6) is 0 Å². The Bertz CT molecular complexity index is 354. The molecule has 1 unspecified atom stereocenters. The Kier molecular flexibility index (Phi) is 3.56. The molecule has 1 aliphatic heterocycles. The highest BCUT2D eigenvalue weighted by molar-refractivity contribution is 5.92. The fraction of sp³-hybridized carbons (Fsp3) is 0.636. The second-order valence-electron chi connectivity index (χ2n) is 4.19.